The first-order chi connectivity index (χ1) is 10.2. The molecule has 1 fully saturated rings. The van der Waals surface area contributed by atoms with Crippen molar-refractivity contribution in [1.29, 1.82) is 0 Å². The lowest BCUT2D eigenvalue weighted by atomic mass is 10.0. The van der Waals surface area contributed by atoms with Gasteiger partial charge in [-0.25, -0.2) is 4.68 Å². The third kappa shape index (κ3) is 3.52. The van der Waals surface area contributed by atoms with Crippen LogP contribution in [-0.2, 0) is 0 Å². The molecule has 4 heteroatoms. The second-order valence-corrected chi connectivity index (χ2v) is 6.02. The predicted molar refractivity (Wildman–Crippen MR) is 85.6 cm³/mol. The molecular weight excluding hydrogens is 260 g/mol. The van der Waals surface area contributed by atoms with Crippen molar-refractivity contribution in [2.24, 2.45) is 0 Å². The molecule has 1 unspecified atom stereocenters. The average Bonchev–Trinajstić information content (AvgIpc) is 3.00. The quantitative estimate of drug-likeness (QED) is 0.937. The molecule has 21 heavy (non-hydrogen) atoms. The van der Waals surface area contributed by atoms with Crippen molar-refractivity contribution in [3.05, 3.63) is 48.3 Å². The van der Waals surface area contributed by atoms with Gasteiger partial charge in [0.05, 0.1) is 11.9 Å². The van der Waals surface area contributed by atoms with Crippen LogP contribution in [0.3, 0.4) is 0 Å². The van der Waals surface area contributed by atoms with Crippen LogP contribution in [0.2, 0.25) is 0 Å². The lowest BCUT2D eigenvalue weighted by molar-refractivity contribution is 0.226. The van der Waals surface area contributed by atoms with Crippen LogP contribution in [0.1, 0.15) is 31.4 Å². The molecule has 1 aromatic heterocycles. The lowest BCUT2D eigenvalue weighted by Crippen LogP contribution is -2.41. The van der Waals surface area contributed by atoms with Gasteiger partial charge in [0, 0.05) is 23.8 Å². The minimum atomic E-state index is 0.343. The van der Waals surface area contributed by atoms with Crippen molar-refractivity contribution in [3.63, 3.8) is 0 Å². The standard InChI is InChI=1S/C17H24N4/c1-14(19-16-8-10-20(2)11-9-16)15-12-18-21(13-15)17-6-4-3-5-7-17/h3-7,12-14,16,19H,8-11H2,1-2H3. The zero-order valence-electron chi connectivity index (χ0n) is 12.9. The van der Waals surface area contributed by atoms with E-state index in [9.17, 15) is 0 Å². The molecule has 1 saturated heterocycles. The van der Waals surface area contributed by atoms with Crippen LogP contribution < -0.4 is 5.32 Å². The van der Waals surface area contributed by atoms with E-state index < -0.39 is 0 Å². The molecule has 2 aromatic rings. The summed E-state index contributed by atoms with van der Waals surface area (Å²) in [4.78, 5) is 2.40. The van der Waals surface area contributed by atoms with Crippen LogP contribution in [-0.4, -0.2) is 40.9 Å². The lowest BCUT2D eigenvalue weighted by Gasteiger charge is -2.31. The number of nitrogens with one attached hydrogen (secondary N) is 1. The topological polar surface area (TPSA) is 33.1 Å². The van der Waals surface area contributed by atoms with Crippen LogP contribution >= 0.6 is 0 Å². The molecule has 1 aromatic carbocycles. The van der Waals surface area contributed by atoms with Gasteiger partial charge < -0.3 is 10.2 Å². The number of benzene rings is 1. The minimum absolute atomic E-state index is 0.343. The second-order valence-electron chi connectivity index (χ2n) is 6.02. The van der Waals surface area contributed by atoms with E-state index in [-0.39, 0.29) is 0 Å². The fourth-order valence-electron chi connectivity index (χ4n) is 2.91. The molecular formula is C17H24N4. The molecule has 112 valence electrons. The van der Waals surface area contributed by atoms with Crippen molar-refractivity contribution in [3.8, 4) is 5.69 Å². The zero-order chi connectivity index (χ0) is 14.7. The molecule has 4 nitrogen and oxygen atoms in total. The Balaban J connectivity index is 1.63. The van der Waals surface area contributed by atoms with Gasteiger partial charge in [-0.3, -0.25) is 0 Å². The van der Waals surface area contributed by atoms with Crippen molar-refractivity contribution in [2.45, 2.75) is 31.8 Å². The Kier molecular flexibility index (Phi) is 4.36. The highest BCUT2D eigenvalue weighted by molar-refractivity contribution is 5.31. The van der Waals surface area contributed by atoms with E-state index in [2.05, 4.69) is 47.6 Å². The third-order valence-corrected chi connectivity index (χ3v) is 4.33. The van der Waals surface area contributed by atoms with E-state index >= 15 is 0 Å². The first-order valence-corrected chi connectivity index (χ1v) is 7.77. The monoisotopic (exact) mass is 284 g/mol. The van der Waals surface area contributed by atoms with E-state index in [4.69, 9.17) is 0 Å². The molecule has 1 aliphatic heterocycles. The molecule has 1 N–H and O–H groups in total. The molecule has 1 aliphatic rings. The number of hydrogen-bond acceptors (Lipinski definition) is 3. The molecule has 1 atom stereocenters. The number of piperidine rings is 1. The molecule has 0 aliphatic carbocycles. The Labute approximate surface area is 126 Å². The van der Waals surface area contributed by atoms with Gasteiger partial charge in [0.15, 0.2) is 0 Å². The van der Waals surface area contributed by atoms with Gasteiger partial charge in [0.2, 0.25) is 0 Å². The Morgan fingerprint density at radius 3 is 2.62 bits per heavy atom. The number of rotatable bonds is 4. The summed E-state index contributed by atoms with van der Waals surface area (Å²) in [6, 6.07) is 11.2. The molecule has 0 spiro atoms. The summed E-state index contributed by atoms with van der Waals surface area (Å²) in [6.07, 6.45) is 6.56. The molecule has 2 heterocycles. The Morgan fingerprint density at radius 1 is 1.19 bits per heavy atom. The molecule has 0 amide bonds. The molecule has 0 saturated carbocycles. The van der Waals surface area contributed by atoms with Crippen LogP contribution in [0.5, 0.6) is 0 Å². The highest BCUT2D eigenvalue weighted by atomic mass is 15.3. The van der Waals surface area contributed by atoms with E-state index in [1.165, 1.54) is 31.5 Å². The molecule has 3 rings (SSSR count). The summed E-state index contributed by atoms with van der Waals surface area (Å²) in [5.41, 5.74) is 2.35. The van der Waals surface area contributed by atoms with Gasteiger partial charge in [-0.15, -0.1) is 0 Å². The van der Waals surface area contributed by atoms with Gasteiger partial charge in [-0.05, 0) is 52.0 Å². The normalized spacial score (nSPS) is 18.8. The third-order valence-electron chi connectivity index (χ3n) is 4.33. The van der Waals surface area contributed by atoms with Gasteiger partial charge in [-0.2, -0.15) is 5.10 Å². The molecule has 0 bridgehead atoms. The maximum atomic E-state index is 4.48. The van der Waals surface area contributed by atoms with Crippen molar-refractivity contribution < 1.29 is 0 Å². The number of likely N-dealkylation sites (tertiary alicyclic amines) is 1. The second kappa shape index (κ2) is 6.41. The van der Waals surface area contributed by atoms with Gasteiger partial charge in [0.1, 0.15) is 0 Å². The summed E-state index contributed by atoms with van der Waals surface area (Å²) in [6.45, 7) is 4.60. The van der Waals surface area contributed by atoms with Gasteiger partial charge in [0.25, 0.3) is 0 Å². The van der Waals surface area contributed by atoms with Crippen LogP contribution in [0.25, 0.3) is 5.69 Å². The number of nitrogens with zero attached hydrogens (tertiary/aromatic N) is 3. The summed E-state index contributed by atoms with van der Waals surface area (Å²) in [5, 5.41) is 8.22. The summed E-state index contributed by atoms with van der Waals surface area (Å²) >= 11 is 0. The molecule has 0 radical (unpaired) electrons. The average molecular weight is 284 g/mol. The van der Waals surface area contributed by atoms with Crippen LogP contribution in [0.15, 0.2) is 42.7 Å². The van der Waals surface area contributed by atoms with Gasteiger partial charge in [-0.1, -0.05) is 18.2 Å². The fraction of sp³-hybridized carbons (Fsp3) is 0.471. The largest absolute Gasteiger partial charge is 0.307 e. The Morgan fingerprint density at radius 2 is 1.90 bits per heavy atom. The fourth-order valence-corrected chi connectivity index (χ4v) is 2.91. The van der Waals surface area contributed by atoms with Gasteiger partial charge >= 0.3 is 0 Å². The Hall–Kier alpha value is -1.65. The maximum absolute atomic E-state index is 4.48. The Bertz CT molecular complexity index is 555. The minimum Gasteiger partial charge on any atom is -0.307 e. The number of aromatic nitrogens is 2. The maximum Gasteiger partial charge on any atom is 0.0645 e. The van der Waals surface area contributed by atoms with Crippen molar-refractivity contribution in [1.82, 2.24) is 20.0 Å². The summed E-state index contributed by atoms with van der Waals surface area (Å²) < 4.78 is 1.95. The SMILES string of the molecule is CC(NC1CCN(C)CC1)c1cnn(-c2ccccc2)c1. The van der Waals surface area contributed by atoms with Crippen molar-refractivity contribution >= 4 is 0 Å². The highest BCUT2D eigenvalue weighted by Crippen LogP contribution is 2.17. The first-order valence-electron chi connectivity index (χ1n) is 7.77. The van der Waals surface area contributed by atoms with Crippen LogP contribution in [0.4, 0.5) is 0 Å². The predicted octanol–water partition coefficient (Wildman–Crippen LogP) is 2.62. The van der Waals surface area contributed by atoms with E-state index in [0.717, 1.165) is 5.69 Å². The zero-order valence-corrected chi connectivity index (χ0v) is 12.9. The number of hydrogen-bond donors (Lipinski definition) is 1. The first kappa shape index (κ1) is 14.3. The van der Waals surface area contributed by atoms with Crippen LogP contribution in [0, 0.1) is 0 Å². The summed E-state index contributed by atoms with van der Waals surface area (Å²) in [5.74, 6) is 0. The van der Waals surface area contributed by atoms with Crippen molar-refractivity contribution in [2.75, 3.05) is 20.1 Å². The van der Waals surface area contributed by atoms with E-state index in [1.54, 1.807) is 0 Å². The number of para-hydroxylation sites is 1. The van der Waals surface area contributed by atoms with E-state index in [0.29, 0.717) is 12.1 Å². The highest BCUT2D eigenvalue weighted by Gasteiger charge is 2.19. The summed E-state index contributed by atoms with van der Waals surface area (Å²) in [7, 11) is 2.20. The smallest absolute Gasteiger partial charge is 0.0645 e. The van der Waals surface area contributed by atoms with E-state index in [1.807, 2.05) is 29.1 Å².